The van der Waals surface area contributed by atoms with E-state index >= 15 is 0 Å². The third-order valence-corrected chi connectivity index (χ3v) is 2.36. The molecule has 0 atom stereocenters. The van der Waals surface area contributed by atoms with Gasteiger partial charge in [-0.2, -0.15) is 4.98 Å². The molecule has 0 unspecified atom stereocenters. The molecule has 112 valence electrons. The number of nitrogens with one attached hydrogen (secondary N) is 1. The van der Waals surface area contributed by atoms with E-state index in [-0.39, 0.29) is 22.9 Å². The van der Waals surface area contributed by atoms with Crippen LogP contribution in [0.15, 0.2) is 0 Å². The lowest BCUT2D eigenvalue weighted by Crippen LogP contribution is -2.28. The predicted molar refractivity (Wildman–Crippen MR) is 77.2 cm³/mol. The van der Waals surface area contributed by atoms with Crippen LogP contribution in [-0.2, 0) is 6.42 Å². The van der Waals surface area contributed by atoms with Gasteiger partial charge < -0.3 is 10.1 Å². The Morgan fingerprint density at radius 2 is 1.95 bits per heavy atom. The molecular weight excluding hydrogens is 260 g/mol. The van der Waals surface area contributed by atoms with E-state index in [1.165, 1.54) is 7.11 Å². The molecule has 0 fully saturated rings. The fourth-order valence-electron chi connectivity index (χ4n) is 1.68. The van der Waals surface area contributed by atoms with Crippen molar-refractivity contribution in [1.82, 2.24) is 9.97 Å². The van der Waals surface area contributed by atoms with Crippen LogP contribution in [-0.4, -0.2) is 27.5 Å². The second kappa shape index (κ2) is 6.02. The van der Waals surface area contributed by atoms with Crippen LogP contribution in [0, 0.1) is 16.0 Å². The zero-order chi connectivity index (χ0) is 15.5. The van der Waals surface area contributed by atoms with Crippen molar-refractivity contribution in [3.8, 4) is 5.88 Å². The molecule has 0 saturated carbocycles. The van der Waals surface area contributed by atoms with Gasteiger partial charge in [-0.05, 0) is 26.7 Å². The standard InChI is InChI=1S/C13H22N4O3/c1-8(2)7-9-14-11(16-13(3,4)5)10(17(18)19)12(15-9)20-6/h8H,7H2,1-6H3,(H,14,15,16). The molecule has 1 heterocycles. The van der Waals surface area contributed by atoms with E-state index in [0.29, 0.717) is 18.2 Å². The summed E-state index contributed by atoms with van der Waals surface area (Å²) in [5.74, 6) is 1.08. The summed E-state index contributed by atoms with van der Waals surface area (Å²) in [5.41, 5.74) is -0.575. The van der Waals surface area contributed by atoms with E-state index in [0.717, 1.165) is 0 Å². The van der Waals surface area contributed by atoms with E-state index in [1.807, 2.05) is 34.6 Å². The molecule has 0 amide bonds. The minimum absolute atomic E-state index is 0.00704. The maximum absolute atomic E-state index is 11.2. The number of anilines is 1. The van der Waals surface area contributed by atoms with E-state index in [4.69, 9.17) is 4.74 Å². The number of rotatable bonds is 5. The number of nitro groups is 1. The fraction of sp³-hybridized carbons (Fsp3) is 0.692. The van der Waals surface area contributed by atoms with Gasteiger partial charge in [0.1, 0.15) is 5.82 Å². The number of hydrogen-bond acceptors (Lipinski definition) is 6. The molecule has 7 heteroatoms. The van der Waals surface area contributed by atoms with Crippen molar-refractivity contribution in [2.24, 2.45) is 5.92 Å². The van der Waals surface area contributed by atoms with Gasteiger partial charge >= 0.3 is 5.69 Å². The molecule has 20 heavy (non-hydrogen) atoms. The molecule has 7 nitrogen and oxygen atoms in total. The molecule has 1 aromatic rings. The van der Waals surface area contributed by atoms with E-state index in [2.05, 4.69) is 15.3 Å². The number of nitrogens with zero attached hydrogens (tertiary/aromatic N) is 3. The first-order valence-corrected chi connectivity index (χ1v) is 6.51. The molecule has 0 radical (unpaired) electrons. The van der Waals surface area contributed by atoms with Crippen LogP contribution in [0.2, 0.25) is 0 Å². The van der Waals surface area contributed by atoms with Crippen molar-refractivity contribution in [3.63, 3.8) is 0 Å². The minimum atomic E-state index is -0.522. The van der Waals surface area contributed by atoms with Gasteiger partial charge in [-0.3, -0.25) is 10.1 Å². The smallest absolute Gasteiger partial charge is 0.372 e. The predicted octanol–water partition coefficient (Wildman–Crippen LogP) is 2.80. The van der Waals surface area contributed by atoms with Crippen molar-refractivity contribution >= 4 is 11.5 Å². The first-order valence-electron chi connectivity index (χ1n) is 6.51. The average Bonchev–Trinajstić information content (AvgIpc) is 2.24. The van der Waals surface area contributed by atoms with E-state index in [9.17, 15) is 10.1 Å². The maximum Gasteiger partial charge on any atom is 0.372 e. The van der Waals surface area contributed by atoms with E-state index in [1.54, 1.807) is 0 Å². The Morgan fingerprint density at radius 3 is 2.35 bits per heavy atom. The molecule has 0 spiro atoms. The largest absolute Gasteiger partial charge is 0.476 e. The first-order chi connectivity index (χ1) is 9.14. The van der Waals surface area contributed by atoms with Crippen LogP contribution in [0.1, 0.15) is 40.4 Å². The lowest BCUT2D eigenvalue weighted by Gasteiger charge is -2.21. The number of ether oxygens (including phenoxy) is 1. The van der Waals surface area contributed by atoms with Crippen molar-refractivity contribution < 1.29 is 9.66 Å². The van der Waals surface area contributed by atoms with Gasteiger partial charge in [-0.15, -0.1) is 0 Å². The topological polar surface area (TPSA) is 90.2 Å². The highest BCUT2D eigenvalue weighted by molar-refractivity contribution is 5.62. The van der Waals surface area contributed by atoms with Crippen LogP contribution >= 0.6 is 0 Å². The van der Waals surface area contributed by atoms with Gasteiger partial charge in [0.25, 0.3) is 5.88 Å². The number of methoxy groups -OCH3 is 1. The molecule has 1 rings (SSSR count). The fourth-order valence-corrected chi connectivity index (χ4v) is 1.68. The summed E-state index contributed by atoms with van der Waals surface area (Å²) in [7, 11) is 1.37. The summed E-state index contributed by atoms with van der Waals surface area (Å²) in [6.07, 6.45) is 0.632. The van der Waals surface area contributed by atoms with Gasteiger partial charge in [0.2, 0.25) is 5.82 Å². The quantitative estimate of drug-likeness (QED) is 0.659. The Balaban J connectivity index is 3.37. The second-order valence-electron chi connectivity index (χ2n) is 6.08. The zero-order valence-electron chi connectivity index (χ0n) is 12.9. The summed E-state index contributed by atoms with van der Waals surface area (Å²) >= 11 is 0. The first kappa shape index (κ1) is 16.1. The molecule has 0 aliphatic carbocycles. The van der Waals surface area contributed by atoms with Crippen LogP contribution in [0.25, 0.3) is 0 Å². The molecule has 0 bridgehead atoms. The van der Waals surface area contributed by atoms with Crippen molar-refractivity contribution in [2.45, 2.75) is 46.6 Å². The molecule has 0 aliphatic rings. The Bertz CT molecular complexity index is 495. The zero-order valence-corrected chi connectivity index (χ0v) is 12.9. The number of aromatic nitrogens is 2. The third-order valence-electron chi connectivity index (χ3n) is 2.36. The molecule has 0 saturated heterocycles. The molecule has 0 aromatic carbocycles. The van der Waals surface area contributed by atoms with Crippen LogP contribution in [0.5, 0.6) is 5.88 Å². The Kier molecular flexibility index (Phi) is 4.86. The highest BCUT2D eigenvalue weighted by Gasteiger charge is 2.28. The molecule has 0 aliphatic heterocycles. The lowest BCUT2D eigenvalue weighted by molar-refractivity contribution is -0.385. The second-order valence-corrected chi connectivity index (χ2v) is 6.08. The maximum atomic E-state index is 11.2. The van der Waals surface area contributed by atoms with Crippen LogP contribution in [0.4, 0.5) is 11.5 Å². The summed E-state index contributed by atoms with van der Waals surface area (Å²) in [4.78, 5) is 19.1. The van der Waals surface area contributed by atoms with Crippen LogP contribution < -0.4 is 10.1 Å². The summed E-state index contributed by atoms with van der Waals surface area (Å²) in [5, 5.41) is 14.3. The van der Waals surface area contributed by atoms with Gasteiger partial charge in [0.05, 0.1) is 12.0 Å². The summed E-state index contributed by atoms with van der Waals surface area (Å²) < 4.78 is 5.05. The molecule has 1 N–H and O–H groups in total. The van der Waals surface area contributed by atoms with Crippen LogP contribution in [0.3, 0.4) is 0 Å². The Hall–Kier alpha value is -1.92. The minimum Gasteiger partial charge on any atom is -0.476 e. The summed E-state index contributed by atoms with van der Waals surface area (Å²) in [6, 6.07) is 0. The van der Waals surface area contributed by atoms with Crippen molar-refractivity contribution in [1.29, 1.82) is 0 Å². The monoisotopic (exact) mass is 282 g/mol. The molecular formula is C13H22N4O3. The highest BCUT2D eigenvalue weighted by Crippen LogP contribution is 2.33. The van der Waals surface area contributed by atoms with Gasteiger partial charge in [-0.25, -0.2) is 4.98 Å². The lowest BCUT2D eigenvalue weighted by atomic mass is 10.1. The Morgan fingerprint density at radius 1 is 1.35 bits per heavy atom. The molecule has 1 aromatic heterocycles. The van der Waals surface area contributed by atoms with Gasteiger partial charge in [-0.1, -0.05) is 13.8 Å². The van der Waals surface area contributed by atoms with Crippen molar-refractivity contribution in [3.05, 3.63) is 15.9 Å². The SMILES string of the molecule is COc1nc(CC(C)C)nc(NC(C)(C)C)c1[N+](=O)[O-]. The third kappa shape index (κ3) is 4.32. The number of hydrogen-bond donors (Lipinski definition) is 1. The van der Waals surface area contributed by atoms with E-state index < -0.39 is 4.92 Å². The summed E-state index contributed by atoms with van der Waals surface area (Å²) in [6.45, 7) is 9.80. The van der Waals surface area contributed by atoms with Gasteiger partial charge in [0.15, 0.2) is 0 Å². The Labute approximate surface area is 118 Å². The van der Waals surface area contributed by atoms with Gasteiger partial charge in [0, 0.05) is 12.0 Å². The average molecular weight is 282 g/mol. The van der Waals surface area contributed by atoms with Crippen molar-refractivity contribution in [2.75, 3.05) is 12.4 Å². The normalized spacial score (nSPS) is 11.6. The highest BCUT2D eigenvalue weighted by atomic mass is 16.6.